The summed E-state index contributed by atoms with van der Waals surface area (Å²) in [5.74, 6) is 0. The van der Waals surface area contributed by atoms with Crippen molar-refractivity contribution < 1.29 is 8.42 Å². The van der Waals surface area contributed by atoms with E-state index in [2.05, 4.69) is 10.0 Å². The maximum absolute atomic E-state index is 12.5. The van der Waals surface area contributed by atoms with Crippen LogP contribution in [0.2, 0.25) is 5.02 Å². The van der Waals surface area contributed by atoms with Crippen molar-refractivity contribution in [2.75, 3.05) is 0 Å². The summed E-state index contributed by atoms with van der Waals surface area (Å²) in [6.45, 7) is 0. The molecule has 1 aromatic carbocycles. The highest BCUT2D eigenvalue weighted by atomic mass is 35.5. The largest absolute Gasteiger partial charge is 0.311 e. The van der Waals surface area contributed by atoms with Crippen LogP contribution < -0.4 is 10.0 Å². The van der Waals surface area contributed by atoms with E-state index in [1.165, 1.54) is 18.2 Å². The summed E-state index contributed by atoms with van der Waals surface area (Å²) in [5.41, 5.74) is 0.115. The van der Waals surface area contributed by atoms with Crippen molar-refractivity contribution in [1.29, 1.82) is 5.26 Å². The molecule has 2 fully saturated rings. The van der Waals surface area contributed by atoms with Crippen LogP contribution in [0.3, 0.4) is 0 Å². The molecule has 5 nitrogen and oxygen atoms in total. The summed E-state index contributed by atoms with van der Waals surface area (Å²) in [6.07, 6.45) is 3.78. The molecule has 0 saturated carbocycles. The number of hydrogen-bond acceptors (Lipinski definition) is 4. The van der Waals surface area contributed by atoms with Crippen LogP contribution in [0.4, 0.5) is 0 Å². The Morgan fingerprint density at radius 1 is 1.29 bits per heavy atom. The number of nitrogens with one attached hydrogen (secondary N) is 2. The second-order valence-corrected chi connectivity index (χ2v) is 7.80. The Morgan fingerprint density at radius 2 is 1.95 bits per heavy atom. The van der Waals surface area contributed by atoms with Gasteiger partial charge in [0.2, 0.25) is 10.0 Å². The lowest BCUT2D eigenvalue weighted by molar-refractivity contribution is 0.345. The van der Waals surface area contributed by atoms with Crippen LogP contribution in [0.25, 0.3) is 0 Å². The zero-order chi connectivity index (χ0) is 15.0. The van der Waals surface area contributed by atoms with Crippen LogP contribution in [0, 0.1) is 11.3 Å². The fraction of sp³-hybridized carbons (Fsp3) is 0.500. The molecule has 2 bridgehead atoms. The number of hydrogen-bond donors (Lipinski definition) is 2. The second kappa shape index (κ2) is 5.58. The van der Waals surface area contributed by atoms with Crippen LogP contribution >= 0.6 is 11.6 Å². The Bertz CT molecular complexity index is 687. The Morgan fingerprint density at radius 3 is 2.57 bits per heavy atom. The molecular weight excluding hydrogens is 310 g/mol. The number of benzene rings is 1. The summed E-state index contributed by atoms with van der Waals surface area (Å²) in [6, 6.07) is 6.89. The average Bonchev–Trinajstić information content (AvgIpc) is 2.77. The van der Waals surface area contributed by atoms with E-state index < -0.39 is 10.0 Å². The minimum absolute atomic E-state index is 0.0385. The lowest BCUT2D eigenvalue weighted by Crippen LogP contribution is -2.48. The van der Waals surface area contributed by atoms with E-state index in [0.29, 0.717) is 17.1 Å². The lowest BCUT2D eigenvalue weighted by atomic mass is 10.0. The van der Waals surface area contributed by atoms with Crippen LogP contribution in [0.5, 0.6) is 0 Å². The summed E-state index contributed by atoms with van der Waals surface area (Å²) in [5, 5.41) is 12.9. The third kappa shape index (κ3) is 3.06. The van der Waals surface area contributed by atoms with Gasteiger partial charge in [-0.25, -0.2) is 13.1 Å². The first-order valence-corrected chi connectivity index (χ1v) is 8.82. The lowest BCUT2D eigenvalue weighted by Gasteiger charge is -2.29. The quantitative estimate of drug-likeness (QED) is 0.887. The number of fused-ring (bicyclic) bond motifs is 2. The van der Waals surface area contributed by atoms with Crippen LogP contribution in [-0.4, -0.2) is 26.5 Å². The van der Waals surface area contributed by atoms with E-state index in [9.17, 15) is 8.42 Å². The highest BCUT2D eigenvalue weighted by Gasteiger charge is 2.35. The minimum atomic E-state index is -3.73. The van der Waals surface area contributed by atoms with E-state index in [1.54, 1.807) is 0 Å². The van der Waals surface area contributed by atoms with Gasteiger partial charge in [0.1, 0.15) is 11.0 Å². The molecule has 2 unspecified atom stereocenters. The molecule has 0 aliphatic carbocycles. The average molecular weight is 326 g/mol. The van der Waals surface area contributed by atoms with Crippen molar-refractivity contribution in [3.63, 3.8) is 0 Å². The van der Waals surface area contributed by atoms with E-state index in [-0.39, 0.29) is 16.5 Å². The molecule has 2 saturated heterocycles. The summed E-state index contributed by atoms with van der Waals surface area (Å²) in [4.78, 5) is -0.0385. The molecule has 0 spiro atoms. The third-order valence-electron chi connectivity index (χ3n) is 4.15. The predicted octanol–water partition coefficient (Wildman–Crippen LogP) is 1.77. The zero-order valence-electron chi connectivity index (χ0n) is 11.3. The van der Waals surface area contributed by atoms with Crippen LogP contribution in [0.15, 0.2) is 23.1 Å². The maximum atomic E-state index is 12.5. The van der Waals surface area contributed by atoms with Gasteiger partial charge in [-0.1, -0.05) is 11.6 Å². The molecule has 7 heteroatoms. The molecule has 112 valence electrons. The summed E-state index contributed by atoms with van der Waals surface area (Å²) < 4.78 is 27.8. The zero-order valence-corrected chi connectivity index (χ0v) is 12.9. The Labute approximate surface area is 129 Å². The minimum Gasteiger partial charge on any atom is -0.311 e. The topological polar surface area (TPSA) is 82.0 Å². The van der Waals surface area contributed by atoms with Gasteiger partial charge in [-0.2, -0.15) is 5.26 Å². The van der Waals surface area contributed by atoms with Gasteiger partial charge in [0.05, 0.1) is 5.56 Å². The molecular formula is C14H16ClN3O2S. The first-order valence-electron chi connectivity index (χ1n) is 6.96. The maximum Gasteiger partial charge on any atom is 0.242 e. The van der Waals surface area contributed by atoms with Gasteiger partial charge in [0.15, 0.2) is 0 Å². The molecule has 0 radical (unpaired) electrons. The van der Waals surface area contributed by atoms with E-state index in [0.717, 1.165) is 25.7 Å². The smallest absolute Gasteiger partial charge is 0.242 e. The Kier molecular flexibility index (Phi) is 3.93. The van der Waals surface area contributed by atoms with Gasteiger partial charge in [-0.3, -0.25) is 0 Å². The summed E-state index contributed by atoms with van der Waals surface area (Å²) >= 11 is 5.87. The SMILES string of the molecule is N#Cc1ccc(Cl)cc1S(=O)(=O)NC1CC2CCC(C1)N2. The van der Waals surface area contributed by atoms with Crippen molar-refractivity contribution in [2.45, 2.75) is 48.7 Å². The molecule has 21 heavy (non-hydrogen) atoms. The van der Waals surface area contributed by atoms with Gasteiger partial charge in [-0.05, 0) is 43.9 Å². The van der Waals surface area contributed by atoms with Gasteiger partial charge in [-0.15, -0.1) is 0 Å². The van der Waals surface area contributed by atoms with Gasteiger partial charge in [0, 0.05) is 23.1 Å². The Balaban J connectivity index is 1.84. The van der Waals surface area contributed by atoms with E-state index in [1.807, 2.05) is 6.07 Å². The van der Waals surface area contributed by atoms with E-state index >= 15 is 0 Å². The predicted molar refractivity (Wildman–Crippen MR) is 79.5 cm³/mol. The number of nitrogens with zero attached hydrogens (tertiary/aromatic N) is 1. The van der Waals surface area contributed by atoms with E-state index in [4.69, 9.17) is 16.9 Å². The molecule has 0 aromatic heterocycles. The van der Waals surface area contributed by atoms with Gasteiger partial charge >= 0.3 is 0 Å². The highest BCUT2D eigenvalue weighted by molar-refractivity contribution is 7.89. The molecule has 2 N–H and O–H groups in total. The highest BCUT2D eigenvalue weighted by Crippen LogP contribution is 2.28. The molecule has 1 aromatic rings. The summed E-state index contributed by atoms with van der Waals surface area (Å²) in [7, 11) is -3.73. The molecule has 2 atom stereocenters. The molecule has 0 amide bonds. The van der Waals surface area contributed by atoms with Crippen molar-refractivity contribution in [3.05, 3.63) is 28.8 Å². The van der Waals surface area contributed by atoms with Gasteiger partial charge < -0.3 is 5.32 Å². The first kappa shape index (κ1) is 14.8. The number of nitriles is 1. The Hall–Kier alpha value is -1.13. The van der Waals surface area contributed by atoms with Crippen molar-refractivity contribution in [3.8, 4) is 6.07 Å². The fourth-order valence-corrected chi connectivity index (χ4v) is 4.93. The molecule has 2 heterocycles. The second-order valence-electron chi connectivity index (χ2n) is 5.68. The van der Waals surface area contributed by atoms with Gasteiger partial charge in [0.25, 0.3) is 0 Å². The number of piperidine rings is 1. The number of rotatable bonds is 3. The molecule has 2 aliphatic rings. The van der Waals surface area contributed by atoms with Crippen molar-refractivity contribution in [1.82, 2.24) is 10.0 Å². The first-order chi connectivity index (χ1) is 9.98. The van der Waals surface area contributed by atoms with Crippen molar-refractivity contribution in [2.24, 2.45) is 0 Å². The molecule has 2 aliphatic heterocycles. The number of halogens is 1. The normalized spacial score (nSPS) is 28.3. The molecule has 3 rings (SSSR count). The number of sulfonamides is 1. The van der Waals surface area contributed by atoms with Crippen LogP contribution in [0.1, 0.15) is 31.2 Å². The third-order valence-corrected chi connectivity index (χ3v) is 5.94. The van der Waals surface area contributed by atoms with Crippen molar-refractivity contribution >= 4 is 21.6 Å². The monoisotopic (exact) mass is 325 g/mol. The van der Waals surface area contributed by atoms with Crippen LogP contribution in [-0.2, 0) is 10.0 Å². The standard InChI is InChI=1S/C14H16ClN3O2S/c15-10-2-1-9(8-16)14(5-10)21(19,20)18-13-6-11-3-4-12(7-13)17-11/h1-2,5,11-13,17-18H,3-4,6-7H2. The fourth-order valence-electron chi connectivity index (χ4n) is 3.25.